The molecule has 3 aliphatic rings. The SMILES string of the molecule is CCOC(=O)C1=C(N)OC2=C(C(=O)C[C@@H](c3ccc(F)cc3)C2)[C@]12C(=O)N(C(C)=O)c1ccccc12. The number of ketones is 1. The van der Waals surface area contributed by atoms with Gasteiger partial charge in [0.05, 0.1) is 17.9 Å². The van der Waals surface area contributed by atoms with Crippen molar-refractivity contribution < 1.29 is 33.0 Å². The van der Waals surface area contributed by atoms with Crippen LogP contribution in [0.25, 0.3) is 0 Å². The van der Waals surface area contributed by atoms with E-state index >= 15 is 0 Å². The molecule has 2 aromatic rings. The zero-order valence-corrected chi connectivity index (χ0v) is 19.7. The lowest BCUT2D eigenvalue weighted by Crippen LogP contribution is -2.52. The van der Waals surface area contributed by atoms with E-state index in [1.165, 1.54) is 19.1 Å². The lowest BCUT2D eigenvalue weighted by atomic mass is 9.63. The van der Waals surface area contributed by atoms with Gasteiger partial charge >= 0.3 is 5.97 Å². The number of carbonyl (C=O) groups is 4. The third-order valence-corrected chi connectivity index (χ3v) is 6.86. The highest BCUT2D eigenvalue weighted by atomic mass is 19.1. The number of carbonyl (C=O) groups excluding carboxylic acids is 4. The molecule has 0 unspecified atom stereocenters. The van der Waals surface area contributed by atoms with Crippen LogP contribution in [0.5, 0.6) is 0 Å². The Labute approximate surface area is 206 Å². The Morgan fingerprint density at radius 3 is 2.50 bits per heavy atom. The second-order valence-electron chi connectivity index (χ2n) is 8.87. The van der Waals surface area contributed by atoms with E-state index in [1.807, 2.05) is 0 Å². The van der Waals surface area contributed by atoms with Crippen LogP contribution in [0.2, 0.25) is 0 Å². The molecular formula is C27H23FN2O6. The number of rotatable bonds is 3. The number of hydrogen-bond acceptors (Lipinski definition) is 7. The molecule has 1 aliphatic carbocycles. The van der Waals surface area contributed by atoms with E-state index in [0.29, 0.717) is 0 Å². The molecule has 36 heavy (non-hydrogen) atoms. The van der Waals surface area contributed by atoms with Crippen molar-refractivity contribution in [3.8, 4) is 0 Å². The maximum Gasteiger partial charge on any atom is 0.341 e. The molecule has 0 bridgehead atoms. The summed E-state index contributed by atoms with van der Waals surface area (Å²) in [7, 11) is 0. The van der Waals surface area contributed by atoms with E-state index in [4.69, 9.17) is 15.2 Å². The summed E-state index contributed by atoms with van der Waals surface area (Å²) in [5, 5.41) is 0. The topological polar surface area (TPSA) is 116 Å². The molecule has 9 heteroatoms. The van der Waals surface area contributed by atoms with Crippen molar-refractivity contribution in [3.05, 3.63) is 88.3 Å². The summed E-state index contributed by atoms with van der Waals surface area (Å²) >= 11 is 0. The largest absolute Gasteiger partial charge is 0.462 e. The number of ether oxygens (including phenoxy) is 2. The molecule has 184 valence electrons. The zero-order valence-electron chi connectivity index (χ0n) is 19.7. The van der Waals surface area contributed by atoms with E-state index in [1.54, 1.807) is 43.3 Å². The minimum Gasteiger partial charge on any atom is -0.462 e. The first-order chi connectivity index (χ1) is 17.2. The van der Waals surface area contributed by atoms with Crippen LogP contribution < -0.4 is 10.6 Å². The van der Waals surface area contributed by atoms with Gasteiger partial charge in [0.25, 0.3) is 5.91 Å². The number of anilines is 1. The Bertz CT molecular complexity index is 1390. The van der Waals surface area contributed by atoms with Crippen LogP contribution in [-0.2, 0) is 34.1 Å². The highest BCUT2D eigenvalue weighted by Gasteiger charge is 2.65. The maximum atomic E-state index is 14.2. The summed E-state index contributed by atoms with van der Waals surface area (Å²) < 4.78 is 24.6. The highest BCUT2D eigenvalue weighted by molar-refractivity contribution is 6.30. The van der Waals surface area contributed by atoms with Crippen LogP contribution in [0.3, 0.4) is 0 Å². The average Bonchev–Trinajstić information content (AvgIpc) is 3.08. The minimum absolute atomic E-state index is 0.00948. The first-order valence-electron chi connectivity index (χ1n) is 11.5. The van der Waals surface area contributed by atoms with Crippen LogP contribution in [0, 0.1) is 5.82 Å². The Morgan fingerprint density at radius 2 is 1.83 bits per heavy atom. The number of Topliss-reactive ketones (excluding diaryl/α,β-unsaturated/α-hetero) is 1. The molecule has 0 aromatic heterocycles. The monoisotopic (exact) mass is 490 g/mol. The van der Waals surface area contributed by atoms with Gasteiger partial charge in [0.15, 0.2) is 5.78 Å². The summed E-state index contributed by atoms with van der Waals surface area (Å²) in [5.41, 5.74) is 5.18. The summed E-state index contributed by atoms with van der Waals surface area (Å²) in [6.45, 7) is 2.82. The number of fused-ring (bicyclic) bond motifs is 3. The van der Waals surface area contributed by atoms with E-state index in [0.717, 1.165) is 10.5 Å². The Kier molecular flexibility index (Phi) is 5.50. The predicted molar refractivity (Wildman–Crippen MR) is 126 cm³/mol. The predicted octanol–water partition coefficient (Wildman–Crippen LogP) is 3.12. The molecular weight excluding hydrogens is 467 g/mol. The van der Waals surface area contributed by atoms with Crippen molar-refractivity contribution >= 4 is 29.3 Å². The fourth-order valence-electron chi connectivity index (χ4n) is 5.49. The molecule has 0 saturated heterocycles. The second kappa shape index (κ2) is 8.44. The average molecular weight is 490 g/mol. The molecule has 0 radical (unpaired) electrons. The molecule has 8 nitrogen and oxygen atoms in total. The third kappa shape index (κ3) is 3.19. The Hall–Kier alpha value is -4.27. The maximum absolute atomic E-state index is 14.2. The third-order valence-electron chi connectivity index (χ3n) is 6.86. The van der Waals surface area contributed by atoms with Gasteiger partial charge in [-0.15, -0.1) is 0 Å². The summed E-state index contributed by atoms with van der Waals surface area (Å²) in [5.74, 6) is -3.71. The Balaban J connectivity index is 1.77. The van der Waals surface area contributed by atoms with Crippen LogP contribution in [0.4, 0.5) is 10.1 Å². The van der Waals surface area contributed by atoms with Crippen LogP contribution >= 0.6 is 0 Å². The smallest absolute Gasteiger partial charge is 0.341 e. The number of allylic oxidation sites excluding steroid dienone is 1. The van der Waals surface area contributed by atoms with Crippen molar-refractivity contribution in [2.24, 2.45) is 5.73 Å². The van der Waals surface area contributed by atoms with Crippen LogP contribution in [0.15, 0.2) is 71.3 Å². The van der Waals surface area contributed by atoms with Gasteiger partial charge in [-0.3, -0.25) is 14.4 Å². The molecule has 2 amide bonds. The van der Waals surface area contributed by atoms with Gasteiger partial charge in [-0.2, -0.15) is 0 Å². The summed E-state index contributed by atoms with van der Waals surface area (Å²) in [6, 6.07) is 12.3. The van der Waals surface area contributed by atoms with Crippen molar-refractivity contribution in [1.29, 1.82) is 0 Å². The molecule has 5 rings (SSSR count). The number of hydrogen-bond donors (Lipinski definition) is 1. The molecule has 2 atom stereocenters. The molecule has 0 fully saturated rings. The highest BCUT2D eigenvalue weighted by Crippen LogP contribution is 2.57. The van der Waals surface area contributed by atoms with Crippen LogP contribution in [-0.4, -0.2) is 30.2 Å². The Morgan fingerprint density at radius 1 is 1.14 bits per heavy atom. The first kappa shape index (κ1) is 23.5. The van der Waals surface area contributed by atoms with Gasteiger partial charge < -0.3 is 15.2 Å². The van der Waals surface area contributed by atoms with Gasteiger partial charge in [-0.05, 0) is 36.6 Å². The van der Waals surface area contributed by atoms with Crippen molar-refractivity contribution in [3.63, 3.8) is 0 Å². The first-order valence-corrected chi connectivity index (χ1v) is 11.5. The standard InChI is InChI=1S/C27H23FN2O6/c1-3-35-25(33)23-24(29)36-21-13-16(15-8-10-17(28)11-9-15)12-20(32)22(21)27(23)18-6-4-5-7-19(18)30(14(2)31)26(27)34/h4-11,16H,3,12-13,29H2,1-2H3/t16-,27+/m1/s1. The van der Waals surface area contributed by atoms with Gasteiger partial charge in [0.1, 0.15) is 22.6 Å². The van der Waals surface area contributed by atoms with E-state index in [9.17, 15) is 23.6 Å². The molecule has 1 spiro atoms. The van der Waals surface area contributed by atoms with Gasteiger partial charge in [-0.25, -0.2) is 14.1 Å². The van der Waals surface area contributed by atoms with Gasteiger partial charge in [0.2, 0.25) is 11.8 Å². The normalized spacial score (nSPS) is 23.0. The second-order valence-corrected chi connectivity index (χ2v) is 8.87. The van der Waals surface area contributed by atoms with E-state index < -0.39 is 34.8 Å². The van der Waals surface area contributed by atoms with Crippen molar-refractivity contribution in [2.75, 3.05) is 11.5 Å². The molecule has 2 heterocycles. The summed E-state index contributed by atoms with van der Waals surface area (Å²) in [6.07, 6.45) is 0.169. The summed E-state index contributed by atoms with van der Waals surface area (Å²) in [4.78, 5) is 54.8. The fourth-order valence-corrected chi connectivity index (χ4v) is 5.49. The molecule has 2 aliphatic heterocycles. The van der Waals surface area contributed by atoms with Crippen molar-refractivity contribution in [1.82, 2.24) is 0 Å². The minimum atomic E-state index is -1.99. The van der Waals surface area contributed by atoms with Gasteiger partial charge in [0, 0.05) is 25.3 Å². The number of para-hydroxylation sites is 1. The van der Waals surface area contributed by atoms with Crippen LogP contribution in [0.1, 0.15) is 43.7 Å². The number of nitrogens with zero attached hydrogens (tertiary/aromatic N) is 1. The molecule has 2 N–H and O–H groups in total. The number of halogens is 1. The van der Waals surface area contributed by atoms with E-state index in [-0.39, 0.29) is 59.4 Å². The quantitative estimate of drug-likeness (QED) is 0.657. The number of esters is 1. The number of amides is 2. The zero-order chi connectivity index (χ0) is 25.8. The fraction of sp³-hybridized carbons (Fsp3) is 0.259. The lowest BCUT2D eigenvalue weighted by molar-refractivity contribution is -0.141. The molecule has 2 aromatic carbocycles. The lowest BCUT2D eigenvalue weighted by Gasteiger charge is -2.40. The number of benzene rings is 2. The molecule has 0 saturated carbocycles. The number of nitrogens with two attached hydrogens (primary N) is 1. The van der Waals surface area contributed by atoms with Crippen molar-refractivity contribution in [2.45, 2.75) is 38.0 Å². The number of imide groups is 1. The van der Waals surface area contributed by atoms with E-state index in [2.05, 4.69) is 0 Å². The van der Waals surface area contributed by atoms with Gasteiger partial charge in [-0.1, -0.05) is 30.3 Å².